The van der Waals surface area contributed by atoms with E-state index < -0.39 is 0 Å². The maximum absolute atomic E-state index is 2.64. The molecule has 4 heteroatoms. The topological polar surface area (TPSA) is 17.6 Å². The SMILES string of the molecule is CCCCCCCC1(CCCCCCC)c2cc3ccc2-c2ccc(cc21)C[n+]1cn(c2ccccc21)Cc1ccc(cc1)-c1cccc(c1)-c1ccc(cc1)Cn1c[n+](c2ccccc21)C3. The average molecular weight is 879 g/mol. The molecule has 0 atom stereocenters. The van der Waals surface area contributed by atoms with E-state index in [1.807, 2.05) is 0 Å². The summed E-state index contributed by atoms with van der Waals surface area (Å²) in [6.45, 7) is 7.98. The predicted octanol–water partition coefficient (Wildman–Crippen LogP) is 15.0. The smallest absolute Gasteiger partial charge is 0.226 e. The molecule has 0 amide bonds. The Morgan fingerprint density at radius 1 is 0.403 bits per heavy atom. The third kappa shape index (κ3) is 8.56. The van der Waals surface area contributed by atoms with Crippen molar-refractivity contribution in [1.29, 1.82) is 0 Å². The van der Waals surface area contributed by atoms with Crippen LogP contribution >= 0.6 is 0 Å². The van der Waals surface area contributed by atoms with Gasteiger partial charge in [0.1, 0.15) is 26.2 Å². The number of imidazole rings is 2. The van der Waals surface area contributed by atoms with Gasteiger partial charge in [0.15, 0.2) is 22.1 Å². The summed E-state index contributed by atoms with van der Waals surface area (Å²) >= 11 is 0. The molecule has 1 aliphatic carbocycles. The van der Waals surface area contributed by atoms with Gasteiger partial charge in [-0.15, -0.1) is 0 Å². The lowest BCUT2D eigenvalue weighted by Gasteiger charge is -2.33. The van der Waals surface area contributed by atoms with Gasteiger partial charge in [0.2, 0.25) is 12.7 Å². The summed E-state index contributed by atoms with van der Waals surface area (Å²) < 4.78 is 9.87. The van der Waals surface area contributed by atoms with Crippen LogP contribution in [0.4, 0.5) is 0 Å². The molecule has 4 nitrogen and oxygen atoms in total. The van der Waals surface area contributed by atoms with Gasteiger partial charge >= 0.3 is 0 Å². The molecule has 7 aromatic carbocycles. The van der Waals surface area contributed by atoms with E-state index in [-0.39, 0.29) is 5.41 Å². The van der Waals surface area contributed by atoms with Crippen LogP contribution in [0.25, 0.3) is 55.4 Å². The maximum Gasteiger partial charge on any atom is 0.245 e. The van der Waals surface area contributed by atoms with Gasteiger partial charge < -0.3 is 0 Å². The average Bonchev–Trinajstić information content (AvgIpc) is 3.98. The molecule has 0 fully saturated rings. The largest absolute Gasteiger partial charge is 0.245 e. The second-order valence-corrected chi connectivity index (χ2v) is 19.9. The second-order valence-electron chi connectivity index (χ2n) is 19.9. The summed E-state index contributed by atoms with van der Waals surface area (Å²) in [7, 11) is 0. The van der Waals surface area contributed by atoms with Crippen molar-refractivity contribution < 1.29 is 9.13 Å². The van der Waals surface area contributed by atoms with Crippen molar-refractivity contribution >= 4 is 22.1 Å². The molecule has 9 aromatic rings. The molecule has 336 valence electrons. The fourth-order valence-electron chi connectivity index (χ4n) is 11.8. The monoisotopic (exact) mass is 879 g/mol. The van der Waals surface area contributed by atoms with Crippen LogP contribution in [0.2, 0.25) is 0 Å². The standard InChI is InChI=1S/C63H66N4/c1-3-5-7-9-15-36-63(37-16-10-8-6-4-2)57-38-49-28-34-55(57)56-35-29-50(39-58(56)63)44-67-46-65(60-21-12-14-23-62(60)67)42-48-26-32-52(33-27-48)54-19-17-18-53(40-54)51-30-24-47(25-31-51)41-64-45-66(43-49)61-22-13-11-20-59(61)64/h11-14,17-35,38-40,45-46H,3-10,15-16,36-37,41-44H2,1-2H3/q+2. The summed E-state index contributed by atoms with van der Waals surface area (Å²) in [5, 5.41) is 0. The summed E-state index contributed by atoms with van der Waals surface area (Å²) in [5.74, 6) is 0. The van der Waals surface area contributed by atoms with E-state index in [0.29, 0.717) is 0 Å². The van der Waals surface area contributed by atoms with Crippen LogP contribution < -0.4 is 9.13 Å². The molecule has 0 saturated heterocycles. The van der Waals surface area contributed by atoms with E-state index in [1.165, 1.54) is 155 Å². The zero-order valence-corrected chi connectivity index (χ0v) is 39.8. The maximum atomic E-state index is 2.64. The Morgan fingerprint density at radius 2 is 0.836 bits per heavy atom. The number of para-hydroxylation sites is 4. The van der Waals surface area contributed by atoms with Crippen LogP contribution in [-0.2, 0) is 31.6 Å². The highest BCUT2D eigenvalue weighted by molar-refractivity contribution is 5.82. The van der Waals surface area contributed by atoms with E-state index in [2.05, 4.69) is 202 Å². The minimum Gasteiger partial charge on any atom is -0.226 e. The van der Waals surface area contributed by atoms with E-state index >= 15 is 0 Å². The highest BCUT2D eigenvalue weighted by Gasteiger charge is 2.43. The number of benzene rings is 7. The lowest BCUT2D eigenvalue weighted by molar-refractivity contribution is -0.663. The Bertz CT molecular complexity index is 2950. The van der Waals surface area contributed by atoms with E-state index in [1.54, 1.807) is 11.1 Å². The number of fused-ring (bicyclic) bond motifs is 5. The van der Waals surface area contributed by atoms with Gasteiger partial charge in [0, 0.05) is 5.41 Å². The molecule has 0 saturated carbocycles. The molecule has 0 unspecified atom stereocenters. The van der Waals surface area contributed by atoms with Crippen LogP contribution in [0, 0.1) is 0 Å². The summed E-state index contributed by atoms with van der Waals surface area (Å²) in [6.07, 6.45) is 20.1. The highest BCUT2D eigenvalue weighted by Crippen LogP contribution is 2.55. The second kappa shape index (κ2) is 19.0. The zero-order chi connectivity index (χ0) is 45.2. The first-order valence-electron chi connectivity index (χ1n) is 25.6. The van der Waals surface area contributed by atoms with Crippen molar-refractivity contribution in [2.24, 2.45) is 0 Å². The summed E-state index contributed by atoms with van der Waals surface area (Å²) in [6, 6.07) is 60.5. The Kier molecular flexibility index (Phi) is 12.2. The number of rotatable bonds is 12. The van der Waals surface area contributed by atoms with E-state index in [9.17, 15) is 0 Å². The van der Waals surface area contributed by atoms with Gasteiger partial charge in [0.25, 0.3) is 0 Å². The number of hydrogen-bond acceptors (Lipinski definition) is 0. The first-order valence-corrected chi connectivity index (χ1v) is 25.6. The third-order valence-corrected chi connectivity index (χ3v) is 15.3. The first-order chi connectivity index (χ1) is 33.1. The molecule has 0 spiro atoms. The fraction of sp³-hybridized carbons (Fsp3) is 0.302. The van der Waals surface area contributed by atoms with Crippen molar-refractivity contribution in [3.05, 3.63) is 204 Å². The Morgan fingerprint density at radius 3 is 1.30 bits per heavy atom. The fourth-order valence-corrected chi connectivity index (χ4v) is 11.8. The quantitative estimate of drug-likeness (QED) is 0.0860. The molecule has 5 heterocycles. The Hall–Kier alpha value is -6.52. The van der Waals surface area contributed by atoms with Crippen molar-refractivity contribution in [2.45, 2.75) is 122 Å². The number of hydrogen-bond donors (Lipinski definition) is 0. The third-order valence-electron chi connectivity index (χ3n) is 15.3. The molecular weight excluding hydrogens is 813 g/mol. The molecular formula is C63H66N4+2. The van der Waals surface area contributed by atoms with Gasteiger partial charge in [0.05, 0.1) is 0 Å². The minimum absolute atomic E-state index is 0.00623. The molecule has 67 heavy (non-hydrogen) atoms. The van der Waals surface area contributed by atoms with Crippen molar-refractivity contribution in [3.8, 4) is 33.4 Å². The number of aromatic nitrogens is 4. The molecule has 4 aliphatic rings. The first kappa shape index (κ1) is 43.1. The van der Waals surface area contributed by atoms with Gasteiger partial charge in [-0.3, -0.25) is 0 Å². The van der Waals surface area contributed by atoms with E-state index in [0.717, 1.165) is 26.2 Å². The molecule has 14 bridgehead atoms. The summed E-state index contributed by atoms with van der Waals surface area (Å²) in [4.78, 5) is 0. The van der Waals surface area contributed by atoms with Gasteiger partial charge in [-0.25, -0.2) is 18.3 Å². The van der Waals surface area contributed by atoms with Crippen molar-refractivity contribution in [1.82, 2.24) is 9.13 Å². The van der Waals surface area contributed by atoms with Crippen LogP contribution in [0.1, 0.15) is 124 Å². The highest BCUT2D eigenvalue weighted by atomic mass is 15.1. The number of nitrogens with zero attached hydrogens (tertiary/aromatic N) is 4. The van der Waals surface area contributed by atoms with Crippen molar-refractivity contribution in [3.63, 3.8) is 0 Å². The van der Waals surface area contributed by atoms with Crippen LogP contribution in [0.15, 0.2) is 170 Å². The van der Waals surface area contributed by atoms with Crippen LogP contribution in [0.5, 0.6) is 0 Å². The lowest BCUT2D eigenvalue weighted by atomic mass is 9.70. The van der Waals surface area contributed by atoms with Gasteiger partial charge in [-0.1, -0.05) is 205 Å². The lowest BCUT2D eigenvalue weighted by Crippen LogP contribution is -2.33. The Labute approximate surface area is 398 Å². The Balaban J connectivity index is 1.05. The van der Waals surface area contributed by atoms with Crippen LogP contribution in [0.3, 0.4) is 0 Å². The molecule has 0 N–H and O–H groups in total. The predicted molar refractivity (Wildman–Crippen MR) is 277 cm³/mol. The zero-order valence-electron chi connectivity index (χ0n) is 39.8. The summed E-state index contributed by atoms with van der Waals surface area (Å²) in [5.41, 5.74) is 21.5. The molecule has 13 rings (SSSR count). The minimum atomic E-state index is -0.00623. The molecule has 3 aliphatic heterocycles. The molecule has 2 aromatic heterocycles. The van der Waals surface area contributed by atoms with E-state index in [4.69, 9.17) is 0 Å². The number of unbranched alkanes of at least 4 members (excludes halogenated alkanes) is 8. The van der Waals surface area contributed by atoms with Gasteiger partial charge in [-0.2, -0.15) is 0 Å². The van der Waals surface area contributed by atoms with Gasteiger partial charge in [-0.05, 0) is 110 Å². The van der Waals surface area contributed by atoms with Crippen LogP contribution in [-0.4, -0.2) is 9.13 Å². The normalized spacial score (nSPS) is 13.8. The molecule has 0 radical (unpaired) electrons. The van der Waals surface area contributed by atoms with Crippen molar-refractivity contribution in [2.75, 3.05) is 0 Å².